The van der Waals surface area contributed by atoms with Gasteiger partial charge in [0, 0.05) is 19.0 Å². The molecule has 0 fully saturated rings. The molecule has 0 aromatic heterocycles. The average Bonchev–Trinajstić information content (AvgIpc) is 2.33. The summed E-state index contributed by atoms with van der Waals surface area (Å²) >= 11 is 1.91. The monoisotopic (exact) mass is 263 g/mol. The SMILES string of the molecule is CCCCCCCCSCN(CCO)CCO. The van der Waals surface area contributed by atoms with Crippen molar-refractivity contribution < 1.29 is 10.2 Å². The van der Waals surface area contributed by atoms with Crippen molar-refractivity contribution in [2.24, 2.45) is 0 Å². The van der Waals surface area contributed by atoms with E-state index in [1.54, 1.807) is 0 Å². The van der Waals surface area contributed by atoms with Gasteiger partial charge in [-0.3, -0.25) is 4.90 Å². The highest BCUT2D eigenvalue weighted by molar-refractivity contribution is 7.99. The van der Waals surface area contributed by atoms with E-state index in [9.17, 15) is 0 Å². The number of nitrogens with zero attached hydrogens (tertiary/aromatic N) is 1. The van der Waals surface area contributed by atoms with Gasteiger partial charge >= 0.3 is 0 Å². The molecule has 0 radical (unpaired) electrons. The molecule has 0 unspecified atom stereocenters. The van der Waals surface area contributed by atoms with E-state index in [4.69, 9.17) is 10.2 Å². The first-order chi connectivity index (χ1) is 8.35. The number of unbranched alkanes of at least 4 members (excludes halogenated alkanes) is 5. The van der Waals surface area contributed by atoms with Crippen LogP contribution in [0, 0.1) is 0 Å². The average molecular weight is 263 g/mol. The summed E-state index contributed by atoms with van der Waals surface area (Å²) in [6.45, 7) is 3.94. The first kappa shape index (κ1) is 17.2. The number of hydrogen-bond donors (Lipinski definition) is 2. The predicted octanol–water partition coefficient (Wildman–Crippen LogP) is 2.32. The molecule has 0 atom stereocenters. The molecule has 0 aromatic rings. The molecule has 0 spiro atoms. The van der Waals surface area contributed by atoms with Crippen LogP contribution >= 0.6 is 11.8 Å². The van der Waals surface area contributed by atoms with Gasteiger partial charge in [-0.2, -0.15) is 0 Å². The summed E-state index contributed by atoms with van der Waals surface area (Å²) in [5.74, 6) is 2.12. The zero-order valence-corrected chi connectivity index (χ0v) is 12.1. The van der Waals surface area contributed by atoms with Gasteiger partial charge in [-0.05, 0) is 12.2 Å². The quantitative estimate of drug-likeness (QED) is 0.395. The van der Waals surface area contributed by atoms with Crippen LogP contribution in [0.5, 0.6) is 0 Å². The molecule has 0 aliphatic carbocycles. The maximum atomic E-state index is 8.85. The normalized spacial score (nSPS) is 11.3. The third-order valence-electron chi connectivity index (χ3n) is 2.75. The molecule has 0 amide bonds. The highest BCUT2D eigenvalue weighted by Crippen LogP contribution is 2.10. The zero-order valence-electron chi connectivity index (χ0n) is 11.2. The van der Waals surface area contributed by atoms with E-state index in [2.05, 4.69) is 11.8 Å². The Hall–Kier alpha value is 0.230. The Morgan fingerprint density at radius 1 is 0.882 bits per heavy atom. The Balaban J connectivity index is 3.23. The summed E-state index contributed by atoms with van der Waals surface area (Å²) in [6, 6.07) is 0. The van der Waals surface area contributed by atoms with Crippen molar-refractivity contribution in [1.29, 1.82) is 0 Å². The summed E-state index contributed by atoms with van der Waals surface area (Å²) in [7, 11) is 0. The molecule has 0 aliphatic rings. The molecular weight excluding hydrogens is 234 g/mol. The van der Waals surface area contributed by atoms with Crippen molar-refractivity contribution in [3.63, 3.8) is 0 Å². The molecule has 0 aliphatic heterocycles. The van der Waals surface area contributed by atoms with E-state index < -0.39 is 0 Å². The minimum Gasteiger partial charge on any atom is -0.395 e. The fourth-order valence-electron chi connectivity index (χ4n) is 1.70. The van der Waals surface area contributed by atoms with E-state index in [-0.39, 0.29) is 13.2 Å². The van der Waals surface area contributed by atoms with Gasteiger partial charge in [-0.25, -0.2) is 0 Å². The number of thioether (sulfide) groups is 1. The second kappa shape index (κ2) is 14.3. The van der Waals surface area contributed by atoms with Crippen LogP contribution in [0.25, 0.3) is 0 Å². The molecule has 0 bridgehead atoms. The van der Waals surface area contributed by atoms with Crippen LogP contribution in [-0.2, 0) is 0 Å². The van der Waals surface area contributed by atoms with Crippen LogP contribution in [0.1, 0.15) is 45.4 Å². The van der Waals surface area contributed by atoms with Gasteiger partial charge in [-0.1, -0.05) is 39.0 Å². The lowest BCUT2D eigenvalue weighted by molar-refractivity contribution is 0.179. The van der Waals surface area contributed by atoms with E-state index in [0.29, 0.717) is 13.1 Å². The van der Waals surface area contributed by atoms with Crippen LogP contribution in [0.3, 0.4) is 0 Å². The van der Waals surface area contributed by atoms with Gasteiger partial charge in [0.1, 0.15) is 0 Å². The third kappa shape index (κ3) is 12.5. The number of aliphatic hydroxyl groups is 2. The maximum absolute atomic E-state index is 8.85. The van der Waals surface area contributed by atoms with Gasteiger partial charge in [0.2, 0.25) is 0 Å². The van der Waals surface area contributed by atoms with E-state index in [1.807, 2.05) is 11.8 Å². The molecule has 2 N–H and O–H groups in total. The van der Waals surface area contributed by atoms with Crippen molar-refractivity contribution >= 4 is 11.8 Å². The smallest absolute Gasteiger partial charge is 0.0558 e. The molecule has 0 aromatic carbocycles. The fraction of sp³-hybridized carbons (Fsp3) is 1.00. The van der Waals surface area contributed by atoms with Crippen LogP contribution in [-0.4, -0.2) is 53.0 Å². The standard InChI is InChI=1S/C13H29NO2S/c1-2-3-4-5-6-7-12-17-13-14(8-10-15)9-11-16/h15-16H,2-13H2,1H3. The molecule has 104 valence electrons. The number of rotatable bonds is 13. The molecular formula is C13H29NO2S. The van der Waals surface area contributed by atoms with Gasteiger partial charge in [0.05, 0.1) is 13.2 Å². The Morgan fingerprint density at radius 3 is 2.06 bits per heavy atom. The lowest BCUT2D eigenvalue weighted by atomic mass is 10.1. The lowest BCUT2D eigenvalue weighted by Crippen LogP contribution is -2.29. The van der Waals surface area contributed by atoms with E-state index >= 15 is 0 Å². The minimum absolute atomic E-state index is 0.178. The maximum Gasteiger partial charge on any atom is 0.0558 e. The Bertz CT molecular complexity index is 141. The molecule has 0 saturated heterocycles. The van der Waals surface area contributed by atoms with Crippen LogP contribution < -0.4 is 0 Å². The summed E-state index contributed by atoms with van der Waals surface area (Å²) in [5, 5.41) is 17.7. The topological polar surface area (TPSA) is 43.7 Å². The van der Waals surface area contributed by atoms with E-state index in [1.165, 1.54) is 44.3 Å². The zero-order chi connectivity index (χ0) is 12.8. The van der Waals surface area contributed by atoms with Crippen LogP contribution in [0.15, 0.2) is 0 Å². The largest absolute Gasteiger partial charge is 0.395 e. The van der Waals surface area contributed by atoms with Crippen molar-refractivity contribution in [2.45, 2.75) is 45.4 Å². The van der Waals surface area contributed by atoms with Crippen molar-refractivity contribution in [2.75, 3.05) is 37.9 Å². The highest BCUT2D eigenvalue weighted by atomic mass is 32.2. The highest BCUT2D eigenvalue weighted by Gasteiger charge is 2.02. The molecule has 0 heterocycles. The van der Waals surface area contributed by atoms with Crippen molar-refractivity contribution in [1.82, 2.24) is 4.90 Å². The third-order valence-corrected chi connectivity index (χ3v) is 3.87. The van der Waals surface area contributed by atoms with Gasteiger partial charge in [-0.15, -0.1) is 11.8 Å². The molecule has 3 nitrogen and oxygen atoms in total. The van der Waals surface area contributed by atoms with Gasteiger partial charge < -0.3 is 10.2 Å². The Morgan fingerprint density at radius 2 is 1.47 bits per heavy atom. The van der Waals surface area contributed by atoms with E-state index in [0.717, 1.165) is 5.88 Å². The first-order valence-electron chi connectivity index (χ1n) is 6.87. The molecule has 0 saturated carbocycles. The van der Waals surface area contributed by atoms with Crippen LogP contribution in [0.4, 0.5) is 0 Å². The number of hydrogen-bond acceptors (Lipinski definition) is 4. The summed E-state index contributed by atoms with van der Waals surface area (Å²) in [4.78, 5) is 2.10. The van der Waals surface area contributed by atoms with Gasteiger partial charge in [0.15, 0.2) is 0 Å². The van der Waals surface area contributed by atoms with Crippen molar-refractivity contribution in [3.8, 4) is 0 Å². The molecule has 17 heavy (non-hydrogen) atoms. The molecule has 4 heteroatoms. The van der Waals surface area contributed by atoms with Crippen LogP contribution in [0.2, 0.25) is 0 Å². The Labute approximate surface area is 111 Å². The Kier molecular flexibility index (Phi) is 14.5. The van der Waals surface area contributed by atoms with Gasteiger partial charge in [0.25, 0.3) is 0 Å². The summed E-state index contributed by atoms with van der Waals surface area (Å²) in [6.07, 6.45) is 8.06. The minimum atomic E-state index is 0.178. The predicted molar refractivity (Wildman–Crippen MR) is 76.4 cm³/mol. The molecule has 0 rings (SSSR count). The summed E-state index contributed by atoms with van der Waals surface area (Å²) < 4.78 is 0. The first-order valence-corrected chi connectivity index (χ1v) is 8.02. The van der Waals surface area contributed by atoms with Crippen molar-refractivity contribution in [3.05, 3.63) is 0 Å². The fourth-order valence-corrected chi connectivity index (χ4v) is 2.76. The number of aliphatic hydroxyl groups excluding tert-OH is 2. The second-order valence-electron chi connectivity index (χ2n) is 4.37. The second-order valence-corrected chi connectivity index (χ2v) is 5.45. The lowest BCUT2D eigenvalue weighted by Gasteiger charge is -2.19. The summed E-state index contributed by atoms with van der Waals surface area (Å²) in [5.41, 5.74) is 0.